The maximum atomic E-state index is 4.02. The van der Waals surface area contributed by atoms with Crippen LogP contribution in [0.15, 0.2) is 42.5 Å². The standard InChI is InChI=1S/C15H20.2C2H6/c1-5-7-15(12(3)4)14-10-8-13(6-2)9-11-14;2*1-2/h7-11H,3,5-6H2,1-2,4H3;2*1-2H3/b15-7+;;. The van der Waals surface area contributed by atoms with Gasteiger partial charge in [-0.1, -0.05) is 84.0 Å². The number of allylic oxidation sites excluding steroid dienone is 3. The largest absolute Gasteiger partial charge is 0.0955 e. The van der Waals surface area contributed by atoms with Gasteiger partial charge >= 0.3 is 0 Å². The highest BCUT2D eigenvalue weighted by molar-refractivity contribution is 5.77. The third-order valence-electron chi connectivity index (χ3n) is 2.54. The minimum absolute atomic E-state index is 1.05. The van der Waals surface area contributed by atoms with Crippen LogP contribution in [-0.2, 0) is 6.42 Å². The molecule has 1 aromatic carbocycles. The van der Waals surface area contributed by atoms with Gasteiger partial charge in [0, 0.05) is 0 Å². The van der Waals surface area contributed by atoms with Crippen LogP contribution in [0.4, 0.5) is 0 Å². The summed E-state index contributed by atoms with van der Waals surface area (Å²) in [5.41, 5.74) is 5.08. The normalized spacial score (nSPS) is 9.74. The second-order valence-electron chi connectivity index (χ2n) is 3.86. The van der Waals surface area contributed by atoms with Crippen molar-refractivity contribution in [1.29, 1.82) is 0 Å². The van der Waals surface area contributed by atoms with Crippen LogP contribution in [0.2, 0.25) is 0 Å². The van der Waals surface area contributed by atoms with Crippen LogP contribution in [0, 0.1) is 0 Å². The van der Waals surface area contributed by atoms with Crippen LogP contribution in [0.25, 0.3) is 5.57 Å². The van der Waals surface area contributed by atoms with Gasteiger partial charge in [0.05, 0.1) is 0 Å². The Bertz CT molecular complexity index is 352. The quantitative estimate of drug-likeness (QED) is 0.530. The number of hydrogen-bond acceptors (Lipinski definition) is 0. The monoisotopic (exact) mass is 260 g/mol. The molecule has 0 atom stereocenters. The predicted octanol–water partition coefficient (Wildman–Crippen LogP) is 6.67. The van der Waals surface area contributed by atoms with E-state index >= 15 is 0 Å². The molecule has 0 heteroatoms. The molecule has 1 rings (SSSR count). The van der Waals surface area contributed by atoms with E-state index in [1.165, 1.54) is 16.7 Å². The highest BCUT2D eigenvalue weighted by Crippen LogP contribution is 2.22. The Kier molecular flexibility index (Phi) is 13.8. The highest BCUT2D eigenvalue weighted by Gasteiger charge is 2.01. The van der Waals surface area contributed by atoms with E-state index in [1.54, 1.807) is 0 Å². The van der Waals surface area contributed by atoms with Gasteiger partial charge in [0.2, 0.25) is 0 Å². The van der Waals surface area contributed by atoms with Crippen molar-refractivity contribution in [3.8, 4) is 0 Å². The molecule has 0 nitrogen and oxygen atoms in total. The van der Waals surface area contributed by atoms with Gasteiger partial charge in [0.25, 0.3) is 0 Å². The Morgan fingerprint density at radius 1 is 1.00 bits per heavy atom. The summed E-state index contributed by atoms with van der Waals surface area (Å²) in [4.78, 5) is 0. The van der Waals surface area contributed by atoms with Gasteiger partial charge in [-0.2, -0.15) is 0 Å². The average Bonchev–Trinajstić information content (AvgIpc) is 2.49. The fourth-order valence-electron chi connectivity index (χ4n) is 1.66. The van der Waals surface area contributed by atoms with Crippen LogP contribution in [-0.4, -0.2) is 0 Å². The van der Waals surface area contributed by atoms with Crippen LogP contribution in [0.3, 0.4) is 0 Å². The molecule has 0 heterocycles. The van der Waals surface area contributed by atoms with Crippen molar-refractivity contribution >= 4 is 5.57 Å². The van der Waals surface area contributed by atoms with E-state index in [9.17, 15) is 0 Å². The highest BCUT2D eigenvalue weighted by atomic mass is 14.1. The minimum Gasteiger partial charge on any atom is -0.0955 e. The van der Waals surface area contributed by atoms with Crippen molar-refractivity contribution in [3.63, 3.8) is 0 Å². The van der Waals surface area contributed by atoms with Gasteiger partial charge in [-0.3, -0.25) is 0 Å². The first-order chi connectivity index (χ1) is 9.19. The molecule has 1 aromatic rings. The second kappa shape index (κ2) is 13.1. The number of benzene rings is 1. The molecule has 0 unspecified atom stereocenters. The van der Waals surface area contributed by atoms with Crippen LogP contribution >= 0.6 is 0 Å². The molecule has 0 radical (unpaired) electrons. The first kappa shape index (κ1) is 20.0. The zero-order valence-electron chi connectivity index (χ0n) is 14.0. The fraction of sp³-hybridized carbons (Fsp3) is 0.474. The zero-order chi connectivity index (χ0) is 15.3. The van der Waals surface area contributed by atoms with E-state index in [0.29, 0.717) is 0 Å². The van der Waals surface area contributed by atoms with Gasteiger partial charge in [-0.05, 0) is 36.5 Å². The molecule has 0 bridgehead atoms. The Balaban J connectivity index is 0. The van der Waals surface area contributed by atoms with Crippen molar-refractivity contribution in [2.75, 3.05) is 0 Å². The fourth-order valence-corrected chi connectivity index (χ4v) is 1.66. The number of aryl methyl sites for hydroxylation is 1. The molecule has 0 fully saturated rings. The third-order valence-corrected chi connectivity index (χ3v) is 2.54. The molecule has 0 aliphatic heterocycles. The molecule has 0 saturated heterocycles. The lowest BCUT2D eigenvalue weighted by Crippen LogP contribution is -1.87. The Morgan fingerprint density at radius 2 is 1.47 bits per heavy atom. The molecular weight excluding hydrogens is 228 g/mol. The Hall–Kier alpha value is -1.30. The van der Waals surface area contributed by atoms with Gasteiger partial charge < -0.3 is 0 Å². The van der Waals surface area contributed by atoms with Crippen LogP contribution in [0.5, 0.6) is 0 Å². The summed E-state index contributed by atoms with van der Waals surface area (Å²) in [6, 6.07) is 8.77. The molecular formula is C19H32. The first-order valence-electron chi connectivity index (χ1n) is 7.64. The third kappa shape index (κ3) is 7.66. The van der Waals surface area contributed by atoms with Crippen molar-refractivity contribution in [2.24, 2.45) is 0 Å². The van der Waals surface area contributed by atoms with Crippen molar-refractivity contribution in [1.82, 2.24) is 0 Å². The summed E-state index contributed by atoms with van der Waals surface area (Å²) >= 11 is 0. The minimum atomic E-state index is 1.05. The van der Waals surface area contributed by atoms with E-state index in [1.807, 2.05) is 27.7 Å². The SMILES string of the molecule is C=C(C)/C(=C\CC)c1ccc(CC)cc1.CC.CC. The topological polar surface area (TPSA) is 0 Å². The molecule has 0 saturated carbocycles. The van der Waals surface area contributed by atoms with E-state index in [2.05, 4.69) is 57.7 Å². The number of hydrogen-bond donors (Lipinski definition) is 0. The Labute approximate surface area is 121 Å². The molecule has 0 spiro atoms. The first-order valence-corrected chi connectivity index (χ1v) is 7.64. The molecule has 108 valence electrons. The summed E-state index contributed by atoms with van der Waals surface area (Å²) in [6.45, 7) is 18.4. The Morgan fingerprint density at radius 3 is 1.79 bits per heavy atom. The number of rotatable bonds is 4. The zero-order valence-corrected chi connectivity index (χ0v) is 14.0. The molecule has 0 aromatic heterocycles. The summed E-state index contributed by atoms with van der Waals surface area (Å²) in [7, 11) is 0. The van der Waals surface area contributed by atoms with E-state index in [-0.39, 0.29) is 0 Å². The predicted molar refractivity (Wildman–Crippen MR) is 91.6 cm³/mol. The van der Waals surface area contributed by atoms with Gasteiger partial charge in [-0.15, -0.1) is 0 Å². The van der Waals surface area contributed by atoms with E-state index in [0.717, 1.165) is 18.4 Å². The lowest BCUT2D eigenvalue weighted by molar-refractivity contribution is 1.14. The summed E-state index contributed by atoms with van der Waals surface area (Å²) in [5.74, 6) is 0. The van der Waals surface area contributed by atoms with E-state index < -0.39 is 0 Å². The van der Waals surface area contributed by atoms with Gasteiger partial charge in [0.1, 0.15) is 0 Å². The van der Waals surface area contributed by atoms with Crippen LogP contribution in [0.1, 0.15) is 66.0 Å². The van der Waals surface area contributed by atoms with Crippen molar-refractivity contribution < 1.29 is 0 Å². The van der Waals surface area contributed by atoms with E-state index in [4.69, 9.17) is 0 Å². The summed E-state index contributed by atoms with van der Waals surface area (Å²) in [5, 5.41) is 0. The molecule has 0 amide bonds. The van der Waals surface area contributed by atoms with Gasteiger partial charge in [0.15, 0.2) is 0 Å². The molecule has 0 N–H and O–H groups in total. The van der Waals surface area contributed by atoms with Crippen LogP contribution < -0.4 is 0 Å². The lowest BCUT2D eigenvalue weighted by atomic mass is 9.97. The average molecular weight is 260 g/mol. The lowest BCUT2D eigenvalue weighted by Gasteiger charge is -2.08. The maximum absolute atomic E-state index is 4.02. The molecule has 19 heavy (non-hydrogen) atoms. The van der Waals surface area contributed by atoms with Crippen molar-refractivity contribution in [3.05, 3.63) is 53.6 Å². The summed E-state index contributed by atoms with van der Waals surface area (Å²) in [6.07, 6.45) is 4.39. The summed E-state index contributed by atoms with van der Waals surface area (Å²) < 4.78 is 0. The second-order valence-corrected chi connectivity index (χ2v) is 3.86. The molecule has 0 aliphatic rings. The van der Waals surface area contributed by atoms with Crippen molar-refractivity contribution in [2.45, 2.75) is 61.3 Å². The maximum Gasteiger partial charge on any atom is -0.0185 e. The smallest absolute Gasteiger partial charge is 0.0185 e. The molecule has 0 aliphatic carbocycles. The van der Waals surface area contributed by atoms with Gasteiger partial charge in [-0.25, -0.2) is 0 Å².